The van der Waals surface area contributed by atoms with E-state index in [1.807, 2.05) is 0 Å². The van der Waals surface area contributed by atoms with Crippen LogP contribution in [-0.2, 0) is 10.0 Å². The number of nitrogens with one attached hydrogen (secondary N) is 1. The summed E-state index contributed by atoms with van der Waals surface area (Å²) in [5.41, 5.74) is -1.33. The van der Waals surface area contributed by atoms with Crippen LogP contribution in [0.25, 0.3) is 0 Å². The van der Waals surface area contributed by atoms with E-state index in [0.29, 0.717) is 0 Å². The van der Waals surface area contributed by atoms with Gasteiger partial charge in [0.2, 0.25) is 0 Å². The first-order valence-electron chi connectivity index (χ1n) is 7.55. The van der Waals surface area contributed by atoms with Gasteiger partial charge >= 0.3 is 17.4 Å². The molecule has 0 radical (unpaired) electrons. The fourth-order valence-corrected chi connectivity index (χ4v) is 6.32. The molecule has 11 heteroatoms. The molecule has 24 heavy (non-hydrogen) atoms. The van der Waals surface area contributed by atoms with Crippen LogP contribution in [0, 0.1) is 17.8 Å². The lowest BCUT2D eigenvalue weighted by atomic mass is 9.53. The maximum absolute atomic E-state index is 13.6. The van der Waals surface area contributed by atoms with Gasteiger partial charge in [-0.3, -0.25) is 0 Å². The van der Waals surface area contributed by atoms with Crippen LogP contribution >= 0.6 is 0 Å². The Hall–Kier alpha value is -0.580. The predicted octanol–water partition coefficient (Wildman–Crippen LogP) is 3.67. The van der Waals surface area contributed by atoms with Crippen molar-refractivity contribution in [1.82, 2.24) is 4.72 Å². The van der Waals surface area contributed by atoms with Gasteiger partial charge < -0.3 is 0 Å². The molecule has 0 atom stereocenters. The molecule has 4 rings (SSSR count). The van der Waals surface area contributed by atoms with Crippen molar-refractivity contribution < 1.29 is 39.2 Å². The van der Waals surface area contributed by atoms with Crippen LogP contribution in [0.15, 0.2) is 0 Å². The minimum atomic E-state index is -6.67. The van der Waals surface area contributed by atoms with E-state index in [4.69, 9.17) is 0 Å². The Kier molecular flexibility index (Phi) is 3.79. The SMILES string of the molecule is O=S(=O)(NC12CC3CC(CC(C3)C1)C2)C(F)(F)C(F)(F)C(F)(F)F. The third-order valence-electron chi connectivity index (χ3n) is 5.45. The highest BCUT2D eigenvalue weighted by Crippen LogP contribution is 2.57. The molecule has 4 aliphatic rings. The van der Waals surface area contributed by atoms with E-state index in [1.165, 1.54) is 0 Å². The molecule has 3 nitrogen and oxygen atoms in total. The monoisotopic (exact) mass is 383 g/mol. The minimum Gasteiger partial charge on any atom is -0.206 e. The van der Waals surface area contributed by atoms with Gasteiger partial charge in [-0.25, -0.2) is 13.1 Å². The molecule has 0 heterocycles. The van der Waals surface area contributed by atoms with Crippen molar-refractivity contribution in [1.29, 1.82) is 0 Å². The highest BCUT2D eigenvalue weighted by atomic mass is 32.2. The standard InChI is InChI=1S/C13H16F7NO2S/c14-11(15,12(16,17)18)13(19,20)24(22,23)21-10-4-7-1-8(5-10)3-9(2-7)6-10/h7-9,21H,1-6H2. The van der Waals surface area contributed by atoms with Gasteiger partial charge in [-0.2, -0.15) is 30.7 Å². The van der Waals surface area contributed by atoms with E-state index in [0.717, 1.165) is 19.3 Å². The lowest BCUT2D eigenvalue weighted by Gasteiger charge is -2.56. The molecule has 4 aliphatic carbocycles. The molecule has 4 saturated carbocycles. The van der Waals surface area contributed by atoms with Crippen LogP contribution in [0.2, 0.25) is 0 Å². The van der Waals surface area contributed by atoms with Gasteiger partial charge in [0.15, 0.2) is 0 Å². The molecular formula is C13H16F7NO2S. The van der Waals surface area contributed by atoms with Gasteiger partial charge in [0.05, 0.1) is 0 Å². The molecular weight excluding hydrogens is 367 g/mol. The molecule has 0 unspecified atom stereocenters. The number of halogens is 7. The van der Waals surface area contributed by atoms with Crippen LogP contribution < -0.4 is 4.72 Å². The molecule has 0 saturated heterocycles. The molecule has 4 fully saturated rings. The molecule has 1 N–H and O–H groups in total. The number of sulfonamides is 1. The number of hydrogen-bond acceptors (Lipinski definition) is 2. The first-order valence-corrected chi connectivity index (χ1v) is 9.03. The van der Waals surface area contributed by atoms with Crippen molar-refractivity contribution in [3.8, 4) is 0 Å². The maximum atomic E-state index is 13.6. The van der Waals surface area contributed by atoms with Gasteiger partial charge in [0, 0.05) is 5.54 Å². The second-order valence-corrected chi connectivity index (χ2v) is 9.12. The Labute approximate surface area is 134 Å². The zero-order valence-electron chi connectivity index (χ0n) is 12.3. The van der Waals surface area contributed by atoms with Crippen LogP contribution in [0.4, 0.5) is 30.7 Å². The zero-order valence-corrected chi connectivity index (χ0v) is 13.2. The van der Waals surface area contributed by atoms with E-state index in [2.05, 4.69) is 0 Å². The van der Waals surface area contributed by atoms with Crippen LogP contribution in [0.5, 0.6) is 0 Å². The number of rotatable bonds is 4. The van der Waals surface area contributed by atoms with Crippen molar-refractivity contribution in [2.75, 3.05) is 0 Å². The van der Waals surface area contributed by atoms with Crippen LogP contribution in [0.1, 0.15) is 38.5 Å². The summed E-state index contributed by atoms with van der Waals surface area (Å²) in [4.78, 5) is 0. The summed E-state index contributed by atoms with van der Waals surface area (Å²) in [5.74, 6) is -6.39. The summed E-state index contributed by atoms with van der Waals surface area (Å²) in [5, 5.41) is -6.28. The molecule has 4 bridgehead atoms. The molecule has 0 amide bonds. The zero-order chi connectivity index (χ0) is 18.2. The fourth-order valence-electron chi connectivity index (χ4n) is 4.92. The van der Waals surface area contributed by atoms with Crippen LogP contribution in [-0.4, -0.2) is 31.3 Å². The average molecular weight is 383 g/mol. The topological polar surface area (TPSA) is 46.2 Å². The number of hydrogen-bond donors (Lipinski definition) is 1. The van der Waals surface area contributed by atoms with Crippen molar-refractivity contribution in [2.45, 2.75) is 61.4 Å². The molecule has 0 aliphatic heterocycles. The second-order valence-electron chi connectivity index (χ2n) is 7.39. The van der Waals surface area contributed by atoms with Crippen molar-refractivity contribution in [3.05, 3.63) is 0 Å². The van der Waals surface area contributed by atoms with E-state index in [9.17, 15) is 39.2 Å². The number of alkyl halides is 7. The molecule has 0 spiro atoms. The maximum Gasteiger partial charge on any atom is 0.461 e. The summed E-state index contributed by atoms with van der Waals surface area (Å²) in [6, 6.07) is 0. The Bertz CT molecular complexity index is 593. The first-order chi connectivity index (χ1) is 10.7. The first kappa shape index (κ1) is 18.2. The summed E-state index contributed by atoms with van der Waals surface area (Å²) in [6.07, 6.45) is -3.63. The van der Waals surface area contributed by atoms with Gasteiger partial charge in [-0.15, -0.1) is 0 Å². The van der Waals surface area contributed by atoms with E-state index >= 15 is 0 Å². The van der Waals surface area contributed by atoms with Crippen molar-refractivity contribution in [3.63, 3.8) is 0 Å². The summed E-state index contributed by atoms with van der Waals surface area (Å²) in [6.45, 7) is 0. The van der Waals surface area contributed by atoms with Gasteiger partial charge in [-0.1, -0.05) is 0 Å². The average Bonchev–Trinajstić information content (AvgIpc) is 2.33. The Balaban J connectivity index is 1.89. The fraction of sp³-hybridized carbons (Fsp3) is 1.00. The summed E-state index contributed by atoms with van der Waals surface area (Å²) >= 11 is 0. The predicted molar refractivity (Wildman–Crippen MR) is 68.9 cm³/mol. The highest BCUT2D eigenvalue weighted by Gasteiger charge is 2.79. The van der Waals surface area contributed by atoms with Crippen LogP contribution in [0.3, 0.4) is 0 Å². The van der Waals surface area contributed by atoms with Gasteiger partial charge in [0.25, 0.3) is 10.0 Å². The molecule has 0 aromatic rings. The smallest absolute Gasteiger partial charge is 0.206 e. The van der Waals surface area contributed by atoms with Gasteiger partial charge in [0.1, 0.15) is 0 Å². The largest absolute Gasteiger partial charge is 0.461 e. The van der Waals surface area contributed by atoms with E-state index < -0.39 is 32.9 Å². The second kappa shape index (κ2) is 4.99. The molecule has 0 aromatic carbocycles. The Morgan fingerprint density at radius 3 is 1.50 bits per heavy atom. The third kappa shape index (κ3) is 2.53. The lowest BCUT2D eigenvalue weighted by Crippen LogP contribution is -2.66. The Morgan fingerprint density at radius 2 is 1.17 bits per heavy atom. The van der Waals surface area contributed by atoms with E-state index in [1.54, 1.807) is 4.72 Å². The summed E-state index contributed by atoms with van der Waals surface area (Å²) in [7, 11) is -6.22. The highest BCUT2D eigenvalue weighted by molar-refractivity contribution is 7.90. The Morgan fingerprint density at radius 1 is 0.792 bits per heavy atom. The molecule has 0 aromatic heterocycles. The quantitative estimate of drug-likeness (QED) is 0.753. The van der Waals surface area contributed by atoms with Gasteiger partial charge in [-0.05, 0) is 56.3 Å². The normalized spacial score (nSPS) is 37.0. The molecule has 140 valence electrons. The van der Waals surface area contributed by atoms with E-state index in [-0.39, 0.29) is 37.0 Å². The third-order valence-corrected chi connectivity index (χ3v) is 7.08. The minimum absolute atomic E-state index is 0.0932. The summed E-state index contributed by atoms with van der Waals surface area (Å²) < 4.78 is 115. The van der Waals surface area contributed by atoms with Crippen molar-refractivity contribution >= 4 is 10.0 Å². The van der Waals surface area contributed by atoms with Crippen molar-refractivity contribution in [2.24, 2.45) is 17.8 Å². The lowest BCUT2D eigenvalue weighted by molar-refractivity contribution is -0.332.